The van der Waals surface area contributed by atoms with E-state index in [4.69, 9.17) is 23.2 Å². The zero-order valence-corrected chi connectivity index (χ0v) is 15.9. The fourth-order valence-electron chi connectivity index (χ4n) is 2.73. The maximum Gasteiger partial charge on any atom is 0.154 e. The smallest absolute Gasteiger partial charge is 0.154 e. The maximum atomic E-state index is 6.07. The molecule has 4 rings (SSSR count). The van der Waals surface area contributed by atoms with Gasteiger partial charge < -0.3 is 10.6 Å². The van der Waals surface area contributed by atoms with Gasteiger partial charge in [-0.3, -0.25) is 0 Å². The van der Waals surface area contributed by atoms with E-state index in [-0.39, 0.29) is 0 Å². The summed E-state index contributed by atoms with van der Waals surface area (Å²) in [5, 5.41) is 12.4. The lowest BCUT2D eigenvalue weighted by Crippen LogP contribution is -2.08. The van der Waals surface area contributed by atoms with Crippen molar-refractivity contribution in [3.63, 3.8) is 0 Å². The van der Waals surface area contributed by atoms with Gasteiger partial charge in [0.1, 0.15) is 5.82 Å². The number of imidazole rings is 1. The van der Waals surface area contributed by atoms with E-state index in [0.29, 0.717) is 23.1 Å². The third kappa shape index (κ3) is 4.15. The molecule has 27 heavy (non-hydrogen) atoms. The Morgan fingerprint density at radius 2 is 1.70 bits per heavy atom. The van der Waals surface area contributed by atoms with Crippen LogP contribution in [-0.2, 0) is 13.1 Å². The second-order valence-electron chi connectivity index (χ2n) is 6.06. The van der Waals surface area contributed by atoms with E-state index in [1.165, 1.54) is 0 Å². The van der Waals surface area contributed by atoms with Crippen LogP contribution in [-0.4, -0.2) is 14.6 Å². The van der Waals surface area contributed by atoms with E-state index in [1.807, 2.05) is 65.3 Å². The number of hydrogen-bond donors (Lipinski definition) is 2. The molecule has 0 aliphatic heterocycles. The highest BCUT2D eigenvalue weighted by Gasteiger charge is 2.06. The van der Waals surface area contributed by atoms with E-state index in [0.717, 1.165) is 28.4 Å². The van der Waals surface area contributed by atoms with Crippen LogP contribution in [0.5, 0.6) is 0 Å². The first-order valence-electron chi connectivity index (χ1n) is 8.49. The summed E-state index contributed by atoms with van der Waals surface area (Å²) in [5.74, 6) is 0.757. The molecule has 0 atom stereocenters. The van der Waals surface area contributed by atoms with E-state index in [1.54, 1.807) is 6.07 Å². The predicted octanol–water partition coefficient (Wildman–Crippen LogP) is 5.26. The van der Waals surface area contributed by atoms with Crippen LogP contribution in [0.2, 0.25) is 10.0 Å². The number of benzene rings is 2. The number of hydrogen-bond acceptors (Lipinski definition) is 4. The molecule has 4 aromatic rings. The molecule has 136 valence electrons. The van der Waals surface area contributed by atoms with Crippen LogP contribution < -0.4 is 10.6 Å². The minimum absolute atomic E-state index is 0.545. The SMILES string of the molecule is Clc1ccc(CNc2ccc3ncc(CNc4ccccc4)n3n2)cc1Cl. The van der Waals surface area contributed by atoms with Crippen molar-refractivity contribution in [1.29, 1.82) is 0 Å². The lowest BCUT2D eigenvalue weighted by Gasteiger charge is -2.09. The van der Waals surface area contributed by atoms with Crippen LogP contribution in [0.15, 0.2) is 66.9 Å². The Bertz CT molecular complexity index is 1060. The summed E-state index contributed by atoms with van der Waals surface area (Å²) in [6.45, 7) is 1.23. The van der Waals surface area contributed by atoms with Crippen LogP contribution in [0.4, 0.5) is 11.5 Å². The molecule has 0 spiro atoms. The first-order valence-corrected chi connectivity index (χ1v) is 9.25. The molecule has 2 N–H and O–H groups in total. The largest absolute Gasteiger partial charge is 0.379 e. The number of rotatable bonds is 6. The molecule has 2 heterocycles. The Hall–Kier alpha value is -2.76. The van der Waals surface area contributed by atoms with Crippen LogP contribution in [0, 0.1) is 0 Å². The fraction of sp³-hybridized carbons (Fsp3) is 0.100. The lowest BCUT2D eigenvalue weighted by molar-refractivity contribution is 0.860. The van der Waals surface area contributed by atoms with Gasteiger partial charge in [0.25, 0.3) is 0 Å². The van der Waals surface area contributed by atoms with Gasteiger partial charge in [-0.2, -0.15) is 0 Å². The zero-order chi connectivity index (χ0) is 18.6. The summed E-state index contributed by atoms with van der Waals surface area (Å²) < 4.78 is 1.84. The van der Waals surface area contributed by atoms with E-state index >= 15 is 0 Å². The molecule has 0 amide bonds. The molecule has 0 fully saturated rings. The maximum absolute atomic E-state index is 6.07. The topological polar surface area (TPSA) is 54.2 Å². The molecule has 0 radical (unpaired) electrons. The minimum Gasteiger partial charge on any atom is -0.379 e. The molecule has 5 nitrogen and oxygen atoms in total. The molecular weight excluding hydrogens is 381 g/mol. The van der Waals surface area contributed by atoms with Gasteiger partial charge in [0.05, 0.1) is 28.5 Å². The summed E-state index contributed by atoms with van der Waals surface area (Å²) in [7, 11) is 0. The van der Waals surface area contributed by atoms with Crippen molar-refractivity contribution in [2.24, 2.45) is 0 Å². The van der Waals surface area contributed by atoms with Gasteiger partial charge in [0.2, 0.25) is 0 Å². The second kappa shape index (κ2) is 7.86. The average molecular weight is 398 g/mol. The van der Waals surface area contributed by atoms with Crippen LogP contribution >= 0.6 is 23.2 Å². The molecule has 0 bridgehead atoms. The summed E-state index contributed by atoms with van der Waals surface area (Å²) in [6, 6.07) is 19.5. The highest BCUT2D eigenvalue weighted by molar-refractivity contribution is 6.42. The minimum atomic E-state index is 0.545. The van der Waals surface area contributed by atoms with Crippen molar-refractivity contribution >= 4 is 40.4 Å². The van der Waals surface area contributed by atoms with Crippen molar-refractivity contribution in [3.05, 3.63) is 88.2 Å². The first kappa shape index (κ1) is 17.6. The number of fused-ring (bicyclic) bond motifs is 1. The van der Waals surface area contributed by atoms with Gasteiger partial charge in [0, 0.05) is 12.2 Å². The van der Waals surface area contributed by atoms with E-state index in [2.05, 4.69) is 20.7 Å². The van der Waals surface area contributed by atoms with Crippen molar-refractivity contribution < 1.29 is 0 Å². The van der Waals surface area contributed by atoms with E-state index < -0.39 is 0 Å². The number of nitrogens with zero attached hydrogens (tertiary/aromatic N) is 3. The van der Waals surface area contributed by atoms with Crippen LogP contribution in [0.3, 0.4) is 0 Å². The molecule has 0 unspecified atom stereocenters. The molecule has 0 aliphatic carbocycles. The van der Waals surface area contributed by atoms with Gasteiger partial charge >= 0.3 is 0 Å². The normalized spacial score (nSPS) is 10.9. The van der Waals surface area contributed by atoms with E-state index in [9.17, 15) is 0 Å². The monoisotopic (exact) mass is 397 g/mol. The van der Waals surface area contributed by atoms with Crippen molar-refractivity contribution in [3.8, 4) is 0 Å². The van der Waals surface area contributed by atoms with Crippen molar-refractivity contribution in [1.82, 2.24) is 14.6 Å². The van der Waals surface area contributed by atoms with Crippen LogP contribution in [0.1, 0.15) is 11.3 Å². The summed E-state index contributed by atoms with van der Waals surface area (Å²) >= 11 is 12.0. The van der Waals surface area contributed by atoms with Crippen molar-refractivity contribution in [2.45, 2.75) is 13.1 Å². The second-order valence-corrected chi connectivity index (χ2v) is 6.87. The molecule has 7 heteroatoms. The number of halogens is 2. The zero-order valence-electron chi connectivity index (χ0n) is 14.4. The molecular formula is C20H17Cl2N5. The third-order valence-corrected chi connectivity index (χ3v) is 4.88. The van der Waals surface area contributed by atoms with Gasteiger partial charge in [0.15, 0.2) is 5.65 Å². The number of para-hydroxylation sites is 1. The molecule has 0 saturated heterocycles. The van der Waals surface area contributed by atoms with Gasteiger partial charge in [-0.1, -0.05) is 47.5 Å². The standard InChI is InChI=1S/C20H17Cl2N5/c21-17-7-6-14(10-18(17)22)11-24-19-8-9-20-25-13-16(27(20)26-19)12-23-15-4-2-1-3-5-15/h1-10,13,23H,11-12H2,(H,24,26). The van der Waals surface area contributed by atoms with Gasteiger partial charge in [-0.25, -0.2) is 9.50 Å². The van der Waals surface area contributed by atoms with Crippen LogP contribution in [0.25, 0.3) is 5.65 Å². The summed E-state index contributed by atoms with van der Waals surface area (Å²) in [4.78, 5) is 4.41. The Balaban J connectivity index is 1.48. The third-order valence-electron chi connectivity index (χ3n) is 4.14. The highest BCUT2D eigenvalue weighted by atomic mass is 35.5. The Labute approximate surface area is 167 Å². The fourth-order valence-corrected chi connectivity index (χ4v) is 3.05. The lowest BCUT2D eigenvalue weighted by atomic mass is 10.2. The average Bonchev–Trinajstić information content (AvgIpc) is 3.10. The Morgan fingerprint density at radius 3 is 2.52 bits per heavy atom. The summed E-state index contributed by atoms with van der Waals surface area (Å²) in [5.41, 5.74) is 3.87. The Kier molecular flexibility index (Phi) is 5.14. The molecule has 2 aromatic carbocycles. The highest BCUT2D eigenvalue weighted by Crippen LogP contribution is 2.23. The van der Waals surface area contributed by atoms with Gasteiger partial charge in [-0.15, -0.1) is 5.10 Å². The summed E-state index contributed by atoms with van der Waals surface area (Å²) in [6.07, 6.45) is 1.83. The first-order chi connectivity index (χ1) is 13.2. The Morgan fingerprint density at radius 1 is 0.852 bits per heavy atom. The van der Waals surface area contributed by atoms with Gasteiger partial charge in [-0.05, 0) is 42.0 Å². The number of aromatic nitrogens is 3. The quantitative estimate of drug-likeness (QED) is 0.465. The molecule has 0 aliphatic rings. The van der Waals surface area contributed by atoms with Crippen molar-refractivity contribution in [2.75, 3.05) is 10.6 Å². The predicted molar refractivity (Wildman–Crippen MR) is 111 cm³/mol. The number of anilines is 2. The molecule has 2 aromatic heterocycles. The number of nitrogens with one attached hydrogen (secondary N) is 2. The molecule has 0 saturated carbocycles.